The third-order valence-corrected chi connectivity index (χ3v) is 4.04. The van der Waals surface area contributed by atoms with Crippen LogP contribution < -0.4 is 10.6 Å². The van der Waals surface area contributed by atoms with Crippen molar-refractivity contribution in [2.45, 2.75) is 39.3 Å². The number of hydrogen-bond donors (Lipinski definition) is 2. The molecule has 0 radical (unpaired) electrons. The van der Waals surface area contributed by atoms with Gasteiger partial charge >= 0.3 is 6.03 Å². The van der Waals surface area contributed by atoms with E-state index in [0.717, 1.165) is 25.0 Å². The summed E-state index contributed by atoms with van der Waals surface area (Å²) in [6.45, 7) is 8.10. The predicted molar refractivity (Wildman–Crippen MR) is 86.0 cm³/mol. The van der Waals surface area contributed by atoms with Crippen molar-refractivity contribution in [2.75, 3.05) is 18.4 Å². The highest BCUT2D eigenvalue weighted by molar-refractivity contribution is 5.91. The molecule has 1 aromatic carbocycles. The van der Waals surface area contributed by atoms with Crippen LogP contribution in [0.25, 0.3) is 11.1 Å². The Balaban J connectivity index is 1.59. The van der Waals surface area contributed by atoms with Crippen LogP contribution in [0.3, 0.4) is 0 Å². The molecule has 2 amide bonds. The lowest BCUT2D eigenvalue weighted by molar-refractivity contribution is 0.244. The van der Waals surface area contributed by atoms with Gasteiger partial charge in [0, 0.05) is 43.9 Å². The lowest BCUT2D eigenvalue weighted by Crippen LogP contribution is -2.40. The summed E-state index contributed by atoms with van der Waals surface area (Å²) in [6.07, 6.45) is 0.992. The average molecular weight is 302 g/mol. The van der Waals surface area contributed by atoms with Crippen molar-refractivity contribution in [3.63, 3.8) is 0 Å². The summed E-state index contributed by atoms with van der Waals surface area (Å²) in [4.78, 5) is 18.7. The summed E-state index contributed by atoms with van der Waals surface area (Å²) in [5.41, 5.74) is 2.19. The molecule has 118 valence electrons. The lowest BCUT2D eigenvalue weighted by Gasteiger charge is -2.20. The molecule has 6 nitrogen and oxygen atoms in total. The van der Waals surface area contributed by atoms with Crippen molar-refractivity contribution in [1.82, 2.24) is 15.2 Å². The molecule has 1 aliphatic heterocycles. The Hall–Kier alpha value is -2.08. The summed E-state index contributed by atoms with van der Waals surface area (Å²) >= 11 is 0. The van der Waals surface area contributed by atoms with Crippen LogP contribution in [0.5, 0.6) is 0 Å². The Bertz CT molecular complexity index is 680. The second-order valence-corrected chi connectivity index (χ2v) is 6.09. The molecule has 6 heteroatoms. The van der Waals surface area contributed by atoms with Crippen LogP contribution in [0, 0.1) is 6.92 Å². The number of amides is 2. The first-order chi connectivity index (χ1) is 10.5. The van der Waals surface area contributed by atoms with Gasteiger partial charge in [0.05, 0.1) is 0 Å². The fourth-order valence-corrected chi connectivity index (χ4v) is 2.84. The molecule has 3 rings (SSSR count). The van der Waals surface area contributed by atoms with Gasteiger partial charge in [-0.2, -0.15) is 0 Å². The van der Waals surface area contributed by atoms with Crippen LogP contribution in [0.15, 0.2) is 22.6 Å². The Morgan fingerprint density at radius 2 is 2.27 bits per heavy atom. The number of aryl methyl sites for hydroxylation is 1. The van der Waals surface area contributed by atoms with E-state index in [4.69, 9.17) is 4.42 Å². The molecule has 1 aromatic heterocycles. The number of fused-ring (bicyclic) bond motifs is 1. The van der Waals surface area contributed by atoms with Gasteiger partial charge in [0.15, 0.2) is 11.5 Å². The number of oxazole rings is 1. The first-order valence-electron chi connectivity index (χ1n) is 7.70. The van der Waals surface area contributed by atoms with Crippen LogP contribution >= 0.6 is 0 Å². The van der Waals surface area contributed by atoms with Gasteiger partial charge < -0.3 is 15.1 Å². The molecule has 0 spiro atoms. The van der Waals surface area contributed by atoms with Crippen molar-refractivity contribution in [3.05, 3.63) is 24.1 Å². The van der Waals surface area contributed by atoms with Crippen LogP contribution in [0.1, 0.15) is 26.2 Å². The summed E-state index contributed by atoms with van der Waals surface area (Å²) < 4.78 is 5.47. The van der Waals surface area contributed by atoms with Gasteiger partial charge in [-0.05, 0) is 32.4 Å². The van der Waals surface area contributed by atoms with Gasteiger partial charge in [-0.1, -0.05) is 0 Å². The maximum absolute atomic E-state index is 12.1. The highest BCUT2D eigenvalue weighted by Gasteiger charge is 2.25. The van der Waals surface area contributed by atoms with Crippen molar-refractivity contribution in [2.24, 2.45) is 0 Å². The molecule has 0 bridgehead atoms. The molecule has 2 heterocycles. The Labute approximate surface area is 129 Å². The number of anilines is 1. The van der Waals surface area contributed by atoms with E-state index in [2.05, 4.69) is 34.4 Å². The summed E-state index contributed by atoms with van der Waals surface area (Å²) in [5, 5.41) is 5.89. The van der Waals surface area contributed by atoms with Crippen molar-refractivity contribution in [1.29, 1.82) is 0 Å². The minimum atomic E-state index is -0.175. The third-order valence-electron chi connectivity index (χ3n) is 4.04. The summed E-state index contributed by atoms with van der Waals surface area (Å²) in [7, 11) is 0. The van der Waals surface area contributed by atoms with Gasteiger partial charge in [0.25, 0.3) is 0 Å². The number of hydrogen-bond acceptors (Lipinski definition) is 4. The maximum atomic E-state index is 12.1. The maximum Gasteiger partial charge on any atom is 0.319 e. The number of nitrogens with zero attached hydrogens (tertiary/aromatic N) is 2. The van der Waals surface area contributed by atoms with Crippen LogP contribution in [0.2, 0.25) is 0 Å². The molecule has 2 N–H and O–H groups in total. The van der Waals surface area contributed by atoms with Crippen LogP contribution in [-0.4, -0.2) is 41.1 Å². The number of aromatic nitrogens is 1. The van der Waals surface area contributed by atoms with E-state index in [1.54, 1.807) is 13.0 Å². The molecule has 1 unspecified atom stereocenters. The molecular formula is C16H22N4O2. The second kappa shape index (κ2) is 5.96. The van der Waals surface area contributed by atoms with Crippen molar-refractivity contribution >= 4 is 22.8 Å². The summed E-state index contributed by atoms with van der Waals surface area (Å²) in [6, 6.07) is 6.03. The van der Waals surface area contributed by atoms with Gasteiger partial charge in [-0.25, -0.2) is 9.78 Å². The average Bonchev–Trinajstić information content (AvgIpc) is 3.03. The van der Waals surface area contributed by atoms with E-state index in [9.17, 15) is 4.79 Å². The van der Waals surface area contributed by atoms with Gasteiger partial charge in [0.2, 0.25) is 0 Å². The molecule has 1 aliphatic rings. The second-order valence-electron chi connectivity index (χ2n) is 6.09. The SMILES string of the molecule is Cc1nc2ccc(NC(=O)NC3CCN(C(C)C)C3)cc2o1. The zero-order valence-electron chi connectivity index (χ0n) is 13.2. The van der Waals surface area contributed by atoms with Gasteiger partial charge in [0.1, 0.15) is 5.52 Å². The first kappa shape index (κ1) is 14.8. The molecule has 1 atom stereocenters. The zero-order chi connectivity index (χ0) is 15.7. The smallest absolute Gasteiger partial charge is 0.319 e. The number of urea groups is 1. The van der Waals surface area contributed by atoms with Gasteiger partial charge in [-0.3, -0.25) is 4.90 Å². The molecule has 1 fully saturated rings. The standard InChI is InChI=1S/C16H22N4O2/c1-10(2)20-7-6-13(9-20)19-16(21)18-12-4-5-14-15(8-12)22-11(3)17-14/h4-5,8,10,13H,6-7,9H2,1-3H3,(H2,18,19,21). The van der Waals surface area contributed by atoms with E-state index < -0.39 is 0 Å². The molecule has 1 saturated heterocycles. The minimum absolute atomic E-state index is 0.175. The van der Waals surface area contributed by atoms with E-state index in [-0.39, 0.29) is 12.1 Å². The quantitative estimate of drug-likeness (QED) is 0.914. The van der Waals surface area contributed by atoms with Crippen molar-refractivity contribution < 1.29 is 9.21 Å². The van der Waals surface area contributed by atoms with E-state index >= 15 is 0 Å². The zero-order valence-corrected chi connectivity index (χ0v) is 13.2. The molecule has 22 heavy (non-hydrogen) atoms. The third kappa shape index (κ3) is 3.22. The number of benzene rings is 1. The van der Waals surface area contributed by atoms with Crippen molar-refractivity contribution in [3.8, 4) is 0 Å². The number of nitrogens with one attached hydrogen (secondary N) is 2. The van der Waals surface area contributed by atoms with Crippen LogP contribution in [-0.2, 0) is 0 Å². The number of likely N-dealkylation sites (tertiary alicyclic amines) is 1. The monoisotopic (exact) mass is 302 g/mol. The first-order valence-corrected chi connectivity index (χ1v) is 7.70. The van der Waals surface area contributed by atoms with Gasteiger partial charge in [-0.15, -0.1) is 0 Å². The highest BCUT2D eigenvalue weighted by Crippen LogP contribution is 2.20. The summed E-state index contributed by atoms with van der Waals surface area (Å²) in [5.74, 6) is 0.622. The number of rotatable bonds is 3. The Morgan fingerprint density at radius 1 is 1.45 bits per heavy atom. The van der Waals surface area contributed by atoms with E-state index in [1.807, 2.05) is 12.1 Å². The predicted octanol–water partition coefficient (Wildman–Crippen LogP) is 2.74. The number of carbonyl (C=O) groups excluding carboxylic acids is 1. The molecule has 2 aromatic rings. The normalized spacial score (nSPS) is 19.0. The molecule has 0 aliphatic carbocycles. The van der Waals surface area contributed by atoms with E-state index in [1.165, 1.54) is 0 Å². The number of carbonyl (C=O) groups is 1. The minimum Gasteiger partial charge on any atom is -0.441 e. The fourth-order valence-electron chi connectivity index (χ4n) is 2.84. The fraction of sp³-hybridized carbons (Fsp3) is 0.500. The topological polar surface area (TPSA) is 70.4 Å². The Kier molecular flexibility index (Phi) is 4.02. The molecular weight excluding hydrogens is 280 g/mol. The van der Waals surface area contributed by atoms with Crippen LogP contribution in [0.4, 0.5) is 10.5 Å². The van der Waals surface area contributed by atoms with E-state index in [0.29, 0.717) is 23.2 Å². The Morgan fingerprint density at radius 3 is 3.00 bits per heavy atom. The molecule has 0 saturated carbocycles. The largest absolute Gasteiger partial charge is 0.441 e. The lowest BCUT2D eigenvalue weighted by atomic mass is 10.2. The highest BCUT2D eigenvalue weighted by atomic mass is 16.3.